The smallest absolute Gasteiger partial charge is 0.288 e. The van der Waals surface area contributed by atoms with Crippen LogP contribution in [0.3, 0.4) is 0 Å². The minimum Gasteiger partial charge on any atom is -0.385 e. The predicted octanol–water partition coefficient (Wildman–Crippen LogP) is 1.29. The highest BCUT2D eigenvalue weighted by atomic mass is 32.1. The molecule has 0 aliphatic carbocycles. The van der Waals surface area contributed by atoms with E-state index in [9.17, 15) is 9.90 Å². The average Bonchev–Trinajstić information content (AvgIpc) is 2.78. The number of fused-ring (bicyclic) bond motifs is 3. The number of hydrogen-bond acceptors (Lipinski definition) is 4. The molecule has 3 rings (SSSR count). The van der Waals surface area contributed by atoms with E-state index in [0.717, 1.165) is 10.2 Å². The van der Waals surface area contributed by atoms with Gasteiger partial charge in [-0.3, -0.25) is 9.20 Å². The summed E-state index contributed by atoms with van der Waals surface area (Å²) in [5.41, 5.74) is 0.278. The Morgan fingerprint density at radius 2 is 2.44 bits per heavy atom. The molecule has 0 saturated heterocycles. The molecule has 0 aromatic carbocycles. The molecule has 5 nitrogen and oxygen atoms in total. The number of aromatic nitrogens is 3. The summed E-state index contributed by atoms with van der Waals surface area (Å²) in [5.74, 6) is 0.451. The molecule has 0 aliphatic rings. The molecule has 0 radical (unpaired) electrons. The highest BCUT2D eigenvalue weighted by Crippen LogP contribution is 2.25. The van der Waals surface area contributed by atoms with Gasteiger partial charge in [-0.1, -0.05) is 0 Å². The summed E-state index contributed by atoms with van der Waals surface area (Å²) in [6, 6.07) is 3.75. The van der Waals surface area contributed by atoms with Crippen molar-refractivity contribution in [2.75, 3.05) is 0 Å². The molecule has 2 N–H and O–H groups in total. The molecule has 0 fully saturated rings. The highest BCUT2D eigenvalue weighted by Gasteiger charge is 2.14. The lowest BCUT2D eigenvalue weighted by atomic mass is 10.4. The van der Waals surface area contributed by atoms with E-state index in [1.165, 1.54) is 11.3 Å². The van der Waals surface area contributed by atoms with Crippen molar-refractivity contribution in [3.8, 4) is 0 Å². The molecule has 16 heavy (non-hydrogen) atoms. The Labute approximate surface area is 94.0 Å². The SMILES string of the molecule is CC(O)c1n[nH]c(=O)c2cc3ccsc3n12. The monoisotopic (exact) mass is 235 g/mol. The third kappa shape index (κ3) is 1.14. The second kappa shape index (κ2) is 3.16. The van der Waals surface area contributed by atoms with Gasteiger partial charge in [0.25, 0.3) is 5.56 Å². The average molecular weight is 235 g/mol. The second-order valence-electron chi connectivity index (χ2n) is 3.63. The maximum absolute atomic E-state index is 11.6. The molecule has 0 saturated carbocycles. The van der Waals surface area contributed by atoms with Crippen LogP contribution in [-0.4, -0.2) is 19.7 Å². The first-order valence-electron chi connectivity index (χ1n) is 4.84. The van der Waals surface area contributed by atoms with Crippen LogP contribution < -0.4 is 5.56 Å². The Morgan fingerprint density at radius 3 is 3.19 bits per heavy atom. The number of thiophene rings is 1. The lowest BCUT2D eigenvalue weighted by molar-refractivity contribution is 0.186. The van der Waals surface area contributed by atoms with Gasteiger partial charge in [0.1, 0.15) is 16.5 Å². The third-order valence-electron chi connectivity index (χ3n) is 2.52. The van der Waals surface area contributed by atoms with Crippen LogP contribution in [0.15, 0.2) is 22.3 Å². The van der Waals surface area contributed by atoms with Crippen LogP contribution >= 0.6 is 11.3 Å². The van der Waals surface area contributed by atoms with E-state index in [1.807, 2.05) is 11.4 Å². The fraction of sp³-hybridized carbons (Fsp3) is 0.200. The second-order valence-corrected chi connectivity index (χ2v) is 4.53. The molecule has 3 heterocycles. The van der Waals surface area contributed by atoms with Crippen molar-refractivity contribution in [2.45, 2.75) is 13.0 Å². The number of hydrogen-bond donors (Lipinski definition) is 2. The minimum absolute atomic E-state index is 0.243. The molecule has 0 aliphatic heterocycles. The van der Waals surface area contributed by atoms with Gasteiger partial charge in [-0.05, 0) is 24.4 Å². The number of aliphatic hydroxyl groups is 1. The topological polar surface area (TPSA) is 70.4 Å². The maximum Gasteiger partial charge on any atom is 0.288 e. The van der Waals surface area contributed by atoms with E-state index in [-0.39, 0.29) is 5.56 Å². The lowest BCUT2D eigenvalue weighted by Crippen LogP contribution is -2.16. The fourth-order valence-corrected chi connectivity index (χ4v) is 2.72. The zero-order valence-corrected chi connectivity index (χ0v) is 9.28. The Kier molecular flexibility index (Phi) is 1.89. The summed E-state index contributed by atoms with van der Waals surface area (Å²) < 4.78 is 1.71. The van der Waals surface area contributed by atoms with E-state index in [2.05, 4.69) is 10.2 Å². The first-order chi connectivity index (χ1) is 7.68. The number of nitrogens with zero attached hydrogens (tertiary/aromatic N) is 2. The molecule has 3 aromatic rings. The van der Waals surface area contributed by atoms with Crippen LogP contribution in [0.4, 0.5) is 0 Å². The Balaban J connectivity index is 2.60. The van der Waals surface area contributed by atoms with Crippen molar-refractivity contribution in [1.29, 1.82) is 0 Å². The standard InChI is InChI=1S/C10H9N3O2S/c1-5(14)8-11-12-9(15)7-4-6-2-3-16-10(6)13(7)8/h2-5,14H,1H3,(H,12,15). The normalized spacial score (nSPS) is 13.6. The van der Waals surface area contributed by atoms with Gasteiger partial charge in [-0.25, -0.2) is 5.10 Å². The molecule has 1 atom stereocenters. The van der Waals surface area contributed by atoms with Crippen molar-refractivity contribution in [3.63, 3.8) is 0 Å². The molecule has 82 valence electrons. The van der Waals surface area contributed by atoms with Gasteiger partial charge in [-0.15, -0.1) is 11.3 Å². The van der Waals surface area contributed by atoms with E-state index in [1.54, 1.807) is 17.4 Å². The molecule has 1 unspecified atom stereocenters. The zero-order valence-electron chi connectivity index (χ0n) is 8.47. The first kappa shape index (κ1) is 9.56. The van der Waals surface area contributed by atoms with Gasteiger partial charge in [0.15, 0.2) is 5.82 Å². The summed E-state index contributed by atoms with van der Waals surface area (Å²) in [6.07, 6.45) is -0.725. The van der Waals surface area contributed by atoms with Crippen LogP contribution in [0, 0.1) is 0 Å². The molecular weight excluding hydrogens is 226 g/mol. The van der Waals surface area contributed by atoms with Crippen LogP contribution in [0.25, 0.3) is 15.7 Å². The third-order valence-corrected chi connectivity index (χ3v) is 3.43. The van der Waals surface area contributed by atoms with E-state index in [0.29, 0.717) is 11.3 Å². The van der Waals surface area contributed by atoms with Gasteiger partial charge in [0, 0.05) is 5.39 Å². The fourth-order valence-electron chi connectivity index (χ4n) is 1.81. The first-order valence-corrected chi connectivity index (χ1v) is 5.72. The molecule has 3 aromatic heterocycles. The Morgan fingerprint density at radius 1 is 1.62 bits per heavy atom. The van der Waals surface area contributed by atoms with Crippen LogP contribution in [0.5, 0.6) is 0 Å². The Hall–Kier alpha value is -1.66. The van der Waals surface area contributed by atoms with Gasteiger partial charge in [-0.2, -0.15) is 5.10 Å². The zero-order chi connectivity index (χ0) is 11.3. The van der Waals surface area contributed by atoms with Crippen LogP contribution in [0.1, 0.15) is 18.9 Å². The molecule has 0 spiro atoms. The minimum atomic E-state index is -0.725. The summed E-state index contributed by atoms with van der Waals surface area (Å²) >= 11 is 1.52. The largest absolute Gasteiger partial charge is 0.385 e. The quantitative estimate of drug-likeness (QED) is 0.667. The van der Waals surface area contributed by atoms with Crippen molar-refractivity contribution in [2.24, 2.45) is 0 Å². The molecule has 0 bridgehead atoms. The number of nitrogens with one attached hydrogen (secondary N) is 1. The summed E-state index contributed by atoms with van der Waals surface area (Å²) in [7, 11) is 0. The Bertz CT molecular complexity index is 722. The van der Waals surface area contributed by atoms with Crippen LogP contribution in [0.2, 0.25) is 0 Å². The molecule has 0 amide bonds. The van der Waals surface area contributed by atoms with Gasteiger partial charge < -0.3 is 5.11 Å². The summed E-state index contributed by atoms with van der Waals surface area (Å²) in [6.45, 7) is 1.62. The van der Waals surface area contributed by atoms with Crippen LogP contribution in [-0.2, 0) is 0 Å². The molecular formula is C10H9N3O2S. The number of aromatic amines is 1. The summed E-state index contributed by atoms with van der Waals surface area (Å²) in [5, 5.41) is 18.9. The summed E-state index contributed by atoms with van der Waals surface area (Å²) in [4.78, 5) is 12.5. The molecule has 6 heteroatoms. The van der Waals surface area contributed by atoms with E-state index >= 15 is 0 Å². The predicted molar refractivity (Wildman–Crippen MR) is 61.8 cm³/mol. The van der Waals surface area contributed by atoms with Crippen molar-refractivity contribution in [3.05, 3.63) is 33.7 Å². The van der Waals surface area contributed by atoms with E-state index in [4.69, 9.17) is 0 Å². The highest BCUT2D eigenvalue weighted by molar-refractivity contribution is 7.16. The van der Waals surface area contributed by atoms with Crippen molar-refractivity contribution < 1.29 is 5.11 Å². The van der Waals surface area contributed by atoms with E-state index < -0.39 is 6.10 Å². The number of H-pyrrole nitrogens is 1. The number of aliphatic hydroxyl groups excluding tert-OH is 1. The van der Waals surface area contributed by atoms with Crippen molar-refractivity contribution >= 4 is 27.1 Å². The lowest BCUT2D eigenvalue weighted by Gasteiger charge is -2.06. The number of rotatable bonds is 1. The van der Waals surface area contributed by atoms with Gasteiger partial charge >= 0.3 is 0 Å². The maximum atomic E-state index is 11.6. The van der Waals surface area contributed by atoms with Gasteiger partial charge in [0.2, 0.25) is 0 Å². The van der Waals surface area contributed by atoms with Gasteiger partial charge in [0.05, 0.1) is 0 Å². The van der Waals surface area contributed by atoms with Crippen molar-refractivity contribution in [1.82, 2.24) is 14.6 Å².